The van der Waals surface area contributed by atoms with E-state index in [2.05, 4.69) is 18.0 Å². The fraction of sp³-hybridized carbons (Fsp3) is 0.154. The van der Waals surface area contributed by atoms with Crippen LogP contribution in [0.15, 0.2) is 30.3 Å². The monoisotopic (exact) mass is 213 g/mol. The number of hydrogen-bond acceptors (Lipinski definition) is 3. The van der Waals surface area contributed by atoms with E-state index in [0.717, 1.165) is 16.7 Å². The molecule has 0 saturated carbocycles. The molecular formula is C13H15N3. The van der Waals surface area contributed by atoms with Crippen molar-refractivity contribution in [1.29, 1.82) is 0 Å². The van der Waals surface area contributed by atoms with Crippen LogP contribution in [0.4, 0.5) is 11.6 Å². The van der Waals surface area contributed by atoms with Gasteiger partial charge < -0.3 is 11.5 Å². The van der Waals surface area contributed by atoms with Gasteiger partial charge in [0, 0.05) is 5.56 Å². The van der Waals surface area contributed by atoms with Crippen molar-refractivity contribution in [1.82, 2.24) is 4.98 Å². The summed E-state index contributed by atoms with van der Waals surface area (Å²) < 4.78 is 0. The molecule has 82 valence electrons. The average molecular weight is 213 g/mol. The van der Waals surface area contributed by atoms with Crippen LogP contribution in [-0.2, 0) is 0 Å². The van der Waals surface area contributed by atoms with E-state index in [9.17, 15) is 0 Å². The zero-order chi connectivity index (χ0) is 11.7. The zero-order valence-corrected chi connectivity index (χ0v) is 9.49. The molecule has 3 heteroatoms. The van der Waals surface area contributed by atoms with Crippen LogP contribution < -0.4 is 11.5 Å². The number of anilines is 2. The van der Waals surface area contributed by atoms with Crippen LogP contribution in [-0.4, -0.2) is 4.98 Å². The lowest BCUT2D eigenvalue weighted by molar-refractivity contribution is 1.29. The Morgan fingerprint density at radius 2 is 1.69 bits per heavy atom. The number of nitrogens with zero attached hydrogens (tertiary/aromatic N) is 1. The lowest BCUT2D eigenvalue weighted by atomic mass is 9.97. The Bertz CT molecular complexity index is 509. The Morgan fingerprint density at radius 1 is 1.00 bits per heavy atom. The number of aromatic nitrogens is 1. The summed E-state index contributed by atoms with van der Waals surface area (Å²) in [5.41, 5.74) is 15.9. The van der Waals surface area contributed by atoms with Crippen molar-refractivity contribution >= 4 is 11.6 Å². The number of rotatable bonds is 1. The van der Waals surface area contributed by atoms with Gasteiger partial charge in [-0.2, -0.15) is 0 Å². The highest BCUT2D eigenvalue weighted by Gasteiger charge is 2.10. The SMILES string of the molecule is Cc1ccccc1-c1c(C)cc(N)nc1N. The average Bonchev–Trinajstić information content (AvgIpc) is 2.19. The Morgan fingerprint density at radius 3 is 2.31 bits per heavy atom. The summed E-state index contributed by atoms with van der Waals surface area (Å²) in [4.78, 5) is 4.11. The summed E-state index contributed by atoms with van der Waals surface area (Å²) in [5.74, 6) is 0.958. The second kappa shape index (κ2) is 3.85. The number of aryl methyl sites for hydroxylation is 2. The van der Waals surface area contributed by atoms with E-state index in [0.29, 0.717) is 11.6 Å². The van der Waals surface area contributed by atoms with Crippen LogP contribution in [0.1, 0.15) is 11.1 Å². The predicted octanol–water partition coefficient (Wildman–Crippen LogP) is 2.53. The van der Waals surface area contributed by atoms with Crippen molar-refractivity contribution in [2.24, 2.45) is 0 Å². The second-order valence-electron chi connectivity index (χ2n) is 3.94. The van der Waals surface area contributed by atoms with E-state index in [4.69, 9.17) is 11.5 Å². The highest BCUT2D eigenvalue weighted by atomic mass is 14.9. The molecule has 1 heterocycles. The first-order chi connectivity index (χ1) is 7.59. The molecule has 0 aliphatic carbocycles. The minimum absolute atomic E-state index is 0.465. The Kier molecular flexibility index (Phi) is 2.52. The normalized spacial score (nSPS) is 10.4. The first-order valence-electron chi connectivity index (χ1n) is 5.18. The molecule has 0 aliphatic rings. The Balaban J connectivity index is 2.70. The number of pyridine rings is 1. The maximum absolute atomic E-state index is 5.93. The molecule has 4 N–H and O–H groups in total. The van der Waals surface area contributed by atoms with E-state index in [1.54, 1.807) is 0 Å². The lowest BCUT2D eigenvalue weighted by Crippen LogP contribution is -2.01. The van der Waals surface area contributed by atoms with Gasteiger partial charge in [-0.3, -0.25) is 0 Å². The van der Waals surface area contributed by atoms with Gasteiger partial charge in [-0.1, -0.05) is 24.3 Å². The summed E-state index contributed by atoms with van der Waals surface area (Å²) in [6.45, 7) is 4.06. The van der Waals surface area contributed by atoms with E-state index in [1.807, 2.05) is 31.2 Å². The number of nitrogen functional groups attached to an aromatic ring is 2. The molecule has 16 heavy (non-hydrogen) atoms. The first-order valence-corrected chi connectivity index (χ1v) is 5.18. The third kappa shape index (κ3) is 1.72. The summed E-state index contributed by atoms with van der Waals surface area (Å²) in [6.07, 6.45) is 0. The maximum Gasteiger partial charge on any atom is 0.133 e. The lowest BCUT2D eigenvalue weighted by Gasteiger charge is -2.12. The largest absolute Gasteiger partial charge is 0.384 e. The van der Waals surface area contributed by atoms with Crippen molar-refractivity contribution in [2.75, 3.05) is 11.5 Å². The van der Waals surface area contributed by atoms with Crippen molar-refractivity contribution in [3.63, 3.8) is 0 Å². The van der Waals surface area contributed by atoms with Crippen LogP contribution in [0.2, 0.25) is 0 Å². The van der Waals surface area contributed by atoms with Crippen LogP contribution in [0.5, 0.6) is 0 Å². The minimum Gasteiger partial charge on any atom is -0.384 e. The molecule has 0 amide bonds. The quantitative estimate of drug-likeness (QED) is 0.765. The minimum atomic E-state index is 0.465. The molecule has 0 unspecified atom stereocenters. The molecule has 0 bridgehead atoms. The van der Waals surface area contributed by atoms with E-state index in [1.165, 1.54) is 5.56 Å². The molecule has 0 spiro atoms. The molecule has 2 aromatic rings. The van der Waals surface area contributed by atoms with Gasteiger partial charge in [0.05, 0.1) is 0 Å². The molecule has 2 rings (SSSR count). The summed E-state index contributed by atoms with van der Waals surface area (Å²) in [7, 11) is 0. The maximum atomic E-state index is 5.93. The van der Waals surface area contributed by atoms with Crippen LogP contribution in [0.3, 0.4) is 0 Å². The number of nitrogens with two attached hydrogens (primary N) is 2. The fourth-order valence-electron chi connectivity index (χ4n) is 1.93. The zero-order valence-electron chi connectivity index (χ0n) is 9.49. The Hall–Kier alpha value is -2.03. The molecule has 0 aliphatic heterocycles. The van der Waals surface area contributed by atoms with Gasteiger partial charge in [0.1, 0.15) is 11.6 Å². The van der Waals surface area contributed by atoms with E-state index in [-0.39, 0.29) is 0 Å². The van der Waals surface area contributed by atoms with Crippen LogP contribution in [0.25, 0.3) is 11.1 Å². The molecule has 0 atom stereocenters. The second-order valence-corrected chi connectivity index (χ2v) is 3.94. The molecule has 0 fully saturated rings. The highest BCUT2D eigenvalue weighted by molar-refractivity contribution is 5.80. The van der Waals surface area contributed by atoms with Gasteiger partial charge in [0.15, 0.2) is 0 Å². The standard InChI is InChI=1S/C13H15N3/c1-8-5-3-4-6-10(8)12-9(2)7-11(14)16-13(12)15/h3-7H,1-2H3,(H4,14,15,16). The summed E-state index contributed by atoms with van der Waals surface area (Å²) in [6, 6.07) is 9.96. The smallest absolute Gasteiger partial charge is 0.133 e. The molecule has 0 radical (unpaired) electrons. The third-order valence-corrected chi connectivity index (χ3v) is 2.68. The summed E-state index contributed by atoms with van der Waals surface area (Å²) in [5, 5.41) is 0. The fourth-order valence-corrected chi connectivity index (χ4v) is 1.93. The summed E-state index contributed by atoms with van der Waals surface area (Å²) >= 11 is 0. The van der Waals surface area contributed by atoms with Gasteiger partial charge in [-0.05, 0) is 36.6 Å². The predicted molar refractivity (Wildman–Crippen MR) is 68.0 cm³/mol. The Labute approximate surface area is 95.1 Å². The molecule has 0 saturated heterocycles. The molecular weight excluding hydrogens is 198 g/mol. The van der Waals surface area contributed by atoms with E-state index < -0.39 is 0 Å². The van der Waals surface area contributed by atoms with Crippen molar-refractivity contribution < 1.29 is 0 Å². The molecule has 1 aromatic heterocycles. The van der Waals surface area contributed by atoms with Crippen molar-refractivity contribution in [3.8, 4) is 11.1 Å². The van der Waals surface area contributed by atoms with Gasteiger partial charge in [-0.15, -0.1) is 0 Å². The third-order valence-electron chi connectivity index (χ3n) is 2.68. The number of benzene rings is 1. The van der Waals surface area contributed by atoms with Gasteiger partial charge in [0.2, 0.25) is 0 Å². The van der Waals surface area contributed by atoms with Crippen LogP contribution >= 0.6 is 0 Å². The molecule has 1 aromatic carbocycles. The van der Waals surface area contributed by atoms with Crippen molar-refractivity contribution in [3.05, 3.63) is 41.5 Å². The van der Waals surface area contributed by atoms with E-state index >= 15 is 0 Å². The number of hydrogen-bond donors (Lipinski definition) is 2. The molecule has 3 nitrogen and oxygen atoms in total. The van der Waals surface area contributed by atoms with Gasteiger partial charge in [0.25, 0.3) is 0 Å². The highest BCUT2D eigenvalue weighted by Crippen LogP contribution is 2.31. The van der Waals surface area contributed by atoms with Gasteiger partial charge >= 0.3 is 0 Å². The van der Waals surface area contributed by atoms with Gasteiger partial charge in [-0.25, -0.2) is 4.98 Å². The van der Waals surface area contributed by atoms with Crippen molar-refractivity contribution in [2.45, 2.75) is 13.8 Å². The first kappa shape index (κ1) is 10.5. The topological polar surface area (TPSA) is 64.9 Å². The van der Waals surface area contributed by atoms with Crippen LogP contribution in [0, 0.1) is 13.8 Å².